The fourth-order valence-electron chi connectivity index (χ4n) is 3.20. The standard InChI is InChI=1S/C20H23N3O4/c24-19(21-26)18(17-9-5-2-6-10-17)22-11-13-23(14-12-22)20(25)27-15-16-7-3-1-4-8-16/h1-10,18,26H,11-15H2,(H,21,24). The number of piperazine rings is 1. The highest BCUT2D eigenvalue weighted by Gasteiger charge is 2.31. The monoisotopic (exact) mass is 369 g/mol. The molecular weight excluding hydrogens is 346 g/mol. The Labute approximate surface area is 158 Å². The number of rotatable bonds is 5. The summed E-state index contributed by atoms with van der Waals surface area (Å²) in [4.78, 5) is 28.0. The second kappa shape index (κ2) is 9.16. The first-order valence-electron chi connectivity index (χ1n) is 8.87. The zero-order valence-electron chi connectivity index (χ0n) is 15.0. The lowest BCUT2D eigenvalue weighted by molar-refractivity contribution is -0.135. The van der Waals surface area contributed by atoms with Gasteiger partial charge in [0.1, 0.15) is 12.6 Å². The number of hydrogen-bond donors (Lipinski definition) is 2. The zero-order chi connectivity index (χ0) is 19.1. The molecule has 1 saturated heterocycles. The molecule has 0 saturated carbocycles. The molecule has 2 aromatic rings. The quantitative estimate of drug-likeness (QED) is 0.624. The third kappa shape index (κ3) is 4.84. The summed E-state index contributed by atoms with van der Waals surface area (Å²) in [5.74, 6) is -0.485. The molecule has 27 heavy (non-hydrogen) atoms. The van der Waals surface area contributed by atoms with Gasteiger partial charge >= 0.3 is 6.09 Å². The van der Waals surface area contributed by atoms with Crippen molar-refractivity contribution in [1.29, 1.82) is 0 Å². The van der Waals surface area contributed by atoms with Gasteiger partial charge < -0.3 is 9.64 Å². The van der Waals surface area contributed by atoms with Gasteiger partial charge in [-0.1, -0.05) is 60.7 Å². The van der Waals surface area contributed by atoms with Gasteiger partial charge in [-0.2, -0.15) is 0 Å². The van der Waals surface area contributed by atoms with Crippen LogP contribution in [0.3, 0.4) is 0 Å². The number of amides is 2. The first-order chi connectivity index (χ1) is 13.2. The van der Waals surface area contributed by atoms with E-state index in [0.29, 0.717) is 26.2 Å². The third-order valence-electron chi connectivity index (χ3n) is 4.62. The summed E-state index contributed by atoms with van der Waals surface area (Å²) in [7, 11) is 0. The Bertz CT molecular complexity index is 746. The minimum Gasteiger partial charge on any atom is -0.445 e. The molecule has 1 heterocycles. The van der Waals surface area contributed by atoms with Crippen molar-refractivity contribution >= 4 is 12.0 Å². The van der Waals surface area contributed by atoms with Gasteiger partial charge in [-0.25, -0.2) is 10.3 Å². The van der Waals surface area contributed by atoms with Gasteiger partial charge in [-0.15, -0.1) is 0 Å². The Morgan fingerprint density at radius 1 is 0.963 bits per heavy atom. The van der Waals surface area contributed by atoms with Crippen molar-refractivity contribution in [2.45, 2.75) is 12.6 Å². The van der Waals surface area contributed by atoms with Crippen LogP contribution in [0.15, 0.2) is 60.7 Å². The second-order valence-electron chi connectivity index (χ2n) is 6.35. The average Bonchev–Trinajstić information content (AvgIpc) is 2.74. The fraction of sp³-hybridized carbons (Fsp3) is 0.300. The van der Waals surface area contributed by atoms with Gasteiger partial charge in [-0.05, 0) is 11.1 Å². The number of nitrogens with one attached hydrogen (secondary N) is 1. The Morgan fingerprint density at radius 2 is 1.56 bits per heavy atom. The lowest BCUT2D eigenvalue weighted by Gasteiger charge is -2.37. The van der Waals surface area contributed by atoms with Crippen molar-refractivity contribution in [1.82, 2.24) is 15.3 Å². The van der Waals surface area contributed by atoms with Crippen molar-refractivity contribution < 1.29 is 19.5 Å². The average molecular weight is 369 g/mol. The lowest BCUT2D eigenvalue weighted by Crippen LogP contribution is -2.52. The van der Waals surface area contributed by atoms with Gasteiger partial charge in [0, 0.05) is 26.2 Å². The van der Waals surface area contributed by atoms with Gasteiger partial charge in [0.15, 0.2) is 0 Å². The molecule has 2 N–H and O–H groups in total. The summed E-state index contributed by atoms with van der Waals surface area (Å²) in [6.45, 7) is 2.16. The van der Waals surface area contributed by atoms with Crippen LogP contribution in [0.2, 0.25) is 0 Å². The minimum absolute atomic E-state index is 0.236. The molecule has 1 fully saturated rings. The molecule has 1 unspecified atom stereocenters. The van der Waals surface area contributed by atoms with E-state index in [9.17, 15) is 9.59 Å². The summed E-state index contributed by atoms with van der Waals surface area (Å²) < 4.78 is 5.37. The summed E-state index contributed by atoms with van der Waals surface area (Å²) in [5, 5.41) is 9.10. The number of benzene rings is 2. The predicted molar refractivity (Wildman–Crippen MR) is 98.9 cm³/mol. The molecule has 0 aliphatic carbocycles. The molecule has 0 aromatic heterocycles. The van der Waals surface area contributed by atoms with Crippen LogP contribution in [0.5, 0.6) is 0 Å². The van der Waals surface area contributed by atoms with Crippen LogP contribution in [0.4, 0.5) is 4.79 Å². The first kappa shape index (κ1) is 18.9. The number of ether oxygens (including phenoxy) is 1. The van der Waals surface area contributed by atoms with E-state index in [4.69, 9.17) is 9.94 Å². The Balaban J connectivity index is 1.56. The second-order valence-corrected chi connectivity index (χ2v) is 6.35. The smallest absolute Gasteiger partial charge is 0.410 e. The van der Waals surface area contributed by atoms with Crippen molar-refractivity contribution in [3.05, 3.63) is 71.8 Å². The normalized spacial score (nSPS) is 15.8. The summed E-state index contributed by atoms with van der Waals surface area (Å²) in [6, 6.07) is 18.2. The SMILES string of the molecule is O=C(NO)C(c1ccccc1)N1CCN(C(=O)OCc2ccccc2)CC1. The van der Waals surface area contributed by atoms with Gasteiger partial charge in [-0.3, -0.25) is 14.9 Å². The molecule has 0 spiro atoms. The van der Waals surface area contributed by atoms with Crippen LogP contribution in [-0.2, 0) is 16.1 Å². The Morgan fingerprint density at radius 3 is 2.15 bits per heavy atom. The van der Waals surface area contributed by atoms with E-state index in [1.54, 1.807) is 10.4 Å². The maximum absolute atomic E-state index is 12.3. The van der Waals surface area contributed by atoms with Crippen LogP contribution in [0.1, 0.15) is 17.2 Å². The van der Waals surface area contributed by atoms with Crippen LogP contribution < -0.4 is 5.48 Å². The van der Waals surface area contributed by atoms with Crippen molar-refractivity contribution in [2.24, 2.45) is 0 Å². The maximum Gasteiger partial charge on any atom is 0.410 e. The largest absolute Gasteiger partial charge is 0.445 e. The molecule has 2 amide bonds. The zero-order valence-corrected chi connectivity index (χ0v) is 15.0. The highest BCUT2D eigenvalue weighted by atomic mass is 16.6. The van der Waals surface area contributed by atoms with E-state index in [-0.39, 0.29) is 12.7 Å². The minimum atomic E-state index is -0.598. The molecule has 1 aliphatic rings. The van der Waals surface area contributed by atoms with E-state index >= 15 is 0 Å². The van der Waals surface area contributed by atoms with Crippen molar-refractivity contribution in [3.63, 3.8) is 0 Å². The van der Waals surface area contributed by atoms with Crippen molar-refractivity contribution in [2.75, 3.05) is 26.2 Å². The van der Waals surface area contributed by atoms with Crippen LogP contribution in [0, 0.1) is 0 Å². The molecule has 1 aliphatic heterocycles. The van der Waals surface area contributed by atoms with Gasteiger partial charge in [0.25, 0.3) is 5.91 Å². The Kier molecular flexibility index (Phi) is 6.40. The summed E-state index contributed by atoms with van der Waals surface area (Å²) in [6.07, 6.45) is -0.360. The lowest BCUT2D eigenvalue weighted by atomic mass is 10.0. The highest BCUT2D eigenvalue weighted by Crippen LogP contribution is 2.22. The topological polar surface area (TPSA) is 82.1 Å². The number of hydrogen-bond acceptors (Lipinski definition) is 5. The number of hydroxylamine groups is 1. The molecule has 0 radical (unpaired) electrons. The van der Waals surface area contributed by atoms with Crippen molar-refractivity contribution in [3.8, 4) is 0 Å². The molecular formula is C20H23N3O4. The molecule has 7 heteroatoms. The van der Waals surface area contributed by atoms with E-state index in [2.05, 4.69) is 0 Å². The van der Waals surface area contributed by atoms with Crippen LogP contribution >= 0.6 is 0 Å². The van der Waals surface area contributed by atoms with Gasteiger partial charge in [0.05, 0.1) is 0 Å². The third-order valence-corrected chi connectivity index (χ3v) is 4.62. The predicted octanol–water partition coefficient (Wildman–Crippen LogP) is 2.19. The molecule has 7 nitrogen and oxygen atoms in total. The van der Waals surface area contributed by atoms with E-state index in [0.717, 1.165) is 11.1 Å². The molecule has 1 atom stereocenters. The van der Waals surface area contributed by atoms with Gasteiger partial charge in [0.2, 0.25) is 0 Å². The summed E-state index contributed by atoms with van der Waals surface area (Å²) >= 11 is 0. The van der Waals surface area contributed by atoms with E-state index < -0.39 is 11.9 Å². The number of carbonyl (C=O) groups excluding carboxylic acids is 2. The fourth-order valence-corrected chi connectivity index (χ4v) is 3.20. The molecule has 0 bridgehead atoms. The molecule has 3 rings (SSSR count). The summed E-state index contributed by atoms with van der Waals surface area (Å²) in [5.41, 5.74) is 3.48. The first-order valence-corrected chi connectivity index (χ1v) is 8.87. The van der Waals surface area contributed by atoms with E-state index in [1.165, 1.54) is 0 Å². The number of carbonyl (C=O) groups is 2. The van der Waals surface area contributed by atoms with E-state index in [1.807, 2.05) is 65.6 Å². The molecule has 142 valence electrons. The Hall–Kier alpha value is -2.90. The molecule has 2 aromatic carbocycles. The van der Waals surface area contributed by atoms with Crippen LogP contribution in [-0.4, -0.2) is 53.2 Å². The van der Waals surface area contributed by atoms with Crippen LogP contribution in [0.25, 0.3) is 0 Å². The maximum atomic E-state index is 12.3. The number of nitrogens with zero attached hydrogens (tertiary/aromatic N) is 2. The highest BCUT2D eigenvalue weighted by molar-refractivity contribution is 5.82.